The van der Waals surface area contributed by atoms with Gasteiger partial charge in [0.05, 0.1) is 6.10 Å². The van der Waals surface area contributed by atoms with Crippen LogP contribution in [0.3, 0.4) is 0 Å². The van der Waals surface area contributed by atoms with Gasteiger partial charge in [0.1, 0.15) is 6.04 Å². The summed E-state index contributed by atoms with van der Waals surface area (Å²) in [4.78, 5) is 23.6. The maximum atomic E-state index is 12.2. The van der Waals surface area contributed by atoms with Crippen molar-refractivity contribution >= 4 is 11.9 Å². The topological polar surface area (TPSA) is 75.6 Å². The van der Waals surface area contributed by atoms with Crippen molar-refractivity contribution < 1.29 is 19.4 Å². The van der Waals surface area contributed by atoms with Crippen LogP contribution in [0.15, 0.2) is 30.3 Å². The molecule has 1 fully saturated rings. The molecular formula is C16H21NO4. The standard InChI is InChI=1S/C16H21NO4/c1-11-9-13(7-8-21-11)15(18)17-14(16(19)20)10-12-5-3-2-4-6-12/h2-6,11,13-14H,7-10H2,1H3,(H,17,18)(H,19,20)/t11?,13?,14-/m1/s1. The molecule has 0 spiro atoms. The van der Waals surface area contributed by atoms with E-state index in [-0.39, 0.29) is 17.9 Å². The number of hydrogen-bond donors (Lipinski definition) is 2. The van der Waals surface area contributed by atoms with Crippen LogP contribution in [0.5, 0.6) is 0 Å². The molecule has 1 aromatic carbocycles. The lowest BCUT2D eigenvalue weighted by Gasteiger charge is -2.27. The Morgan fingerprint density at radius 3 is 2.71 bits per heavy atom. The van der Waals surface area contributed by atoms with Crippen molar-refractivity contribution in [1.29, 1.82) is 0 Å². The molecule has 0 bridgehead atoms. The van der Waals surface area contributed by atoms with E-state index in [1.807, 2.05) is 37.3 Å². The van der Waals surface area contributed by atoms with Gasteiger partial charge >= 0.3 is 5.97 Å². The normalized spacial score (nSPS) is 23.3. The van der Waals surface area contributed by atoms with Crippen LogP contribution in [-0.2, 0) is 20.7 Å². The SMILES string of the molecule is CC1CC(C(=O)N[C@H](Cc2ccccc2)C(=O)O)CCO1. The highest BCUT2D eigenvalue weighted by atomic mass is 16.5. The van der Waals surface area contributed by atoms with E-state index in [4.69, 9.17) is 4.74 Å². The van der Waals surface area contributed by atoms with Gasteiger partial charge in [-0.1, -0.05) is 30.3 Å². The molecule has 2 rings (SSSR count). The van der Waals surface area contributed by atoms with Crippen molar-refractivity contribution in [2.24, 2.45) is 5.92 Å². The number of nitrogens with one attached hydrogen (secondary N) is 1. The van der Waals surface area contributed by atoms with Crippen molar-refractivity contribution in [3.63, 3.8) is 0 Å². The summed E-state index contributed by atoms with van der Waals surface area (Å²) in [6, 6.07) is 8.42. The molecule has 0 aromatic heterocycles. The fraction of sp³-hybridized carbons (Fsp3) is 0.500. The van der Waals surface area contributed by atoms with Gasteiger partial charge in [-0.25, -0.2) is 4.79 Å². The molecule has 0 radical (unpaired) electrons. The molecule has 21 heavy (non-hydrogen) atoms. The summed E-state index contributed by atoms with van der Waals surface area (Å²) >= 11 is 0. The summed E-state index contributed by atoms with van der Waals surface area (Å²) in [5.41, 5.74) is 0.894. The maximum absolute atomic E-state index is 12.2. The molecule has 3 atom stereocenters. The lowest BCUT2D eigenvalue weighted by molar-refractivity contribution is -0.143. The molecule has 1 aliphatic heterocycles. The molecule has 0 aliphatic carbocycles. The van der Waals surface area contributed by atoms with Crippen molar-refractivity contribution in [3.8, 4) is 0 Å². The van der Waals surface area contributed by atoms with Crippen molar-refractivity contribution in [3.05, 3.63) is 35.9 Å². The van der Waals surface area contributed by atoms with Crippen LogP contribution >= 0.6 is 0 Å². The van der Waals surface area contributed by atoms with E-state index in [1.54, 1.807) is 0 Å². The molecule has 0 saturated carbocycles. The predicted octanol–water partition coefficient (Wildman–Crippen LogP) is 1.61. The number of aliphatic carboxylic acids is 1. The average molecular weight is 291 g/mol. The lowest BCUT2D eigenvalue weighted by Crippen LogP contribution is -2.46. The largest absolute Gasteiger partial charge is 0.480 e. The summed E-state index contributed by atoms with van der Waals surface area (Å²) in [5, 5.41) is 12.0. The van der Waals surface area contributed by atoms with E-state index in [0.29, 0.717) is 25.9 Å². The van der Waals surface area contributed by atoms with Crippen LogP contribution in [-0.4, -0.2) is 35.7 Å². The molecule has 114 valence electrons. The summed E-state index contributed by atoms with van der Waals surface area (Å²) < 4.78 is 5.41. The molecule has 2 N–H and O–H groups in total. The van der Waals surface area contributed by atoms with Crippen LogP contribution in [0.4, 0.5) is 0 Å². The molecule has 2 unspecified atom stereocenters. The number of benzene rings is 1. The van der Waals surface area contributed by atoms with E-state index in [0.717, 1.165) is 5.56 Å². The smallest absolute Gasteiger partial charge is 0.326 e. The Kier molecular flexibility index (Phi) is 5.33. The Labute approximate surface area is 124 Å². The molecule has 1 amide bonds. The second-order valence-electron chi connectivity index (χ2n) is 5.49. The van der Waals surface area contributed by atoms with Crippen molar-refractivity contribution in [1.82, 2.24) is 5.32 Å². The number of amides is 1. The monoisotopic (exact) mass is 291 g/mol. The summed E-state index contributed by atoms with van der Waals surface area (Å²) in [6.07, 6.45) is 1.63. The average Bonchev–Trinajstić information content (AvgIpc) is 2.47. The first-order valence-corrected chi connectivity index (χ1v) is 7.25. The van der Waals surface area contributed by atoms with Gasteiger partial charge in [0.15, 0.2) is 0 Å². The minimum atomic E-state index is -1.01. The van der Waals surface area contributed by atoms with Crippen LogP contribution in [0.25, 0.3) is 0 Å². The van der Waals surface area contributed by atoms with Gasteiger partial charge < -0.3 is 15.2 Å². The molecule has 1 aliphatic rings. The van der Waals surface area contributed by atoms with E-state index >= 15 is 0 Å². The highest BCUT2D eigenvalue weighted by molar-refractivity contribution is 5.85. The minimum Gasteiger partial charge on any atom is -0.480 e. The zero-order chi connectivity index (χ0) is 15.2. The number of carbonyl (C=O) groups is 2. The number of ether oxygens (including phenoxy) is 1. The van der Waals surface area contributed by atoms with Gasteiger partial charge in [-0.05, 0) is 25.3 Å². The summed E-state index contributed by atoms with van der Waals surface area (Å²) in [7, 11) is 0. The molecular weight excluding hydrogens is 270 g/mol. The van der Waals surface area contributed by atoms with Gasteiger partial charge in [-0.2, -0.15) is 0 Å². The lowest BCUT2D eigenvalue weighted by atomic mass is 9.94. The maximum Gasteiger partial charge on any atom is 0.326 e. The fourth-order valence-corrected chi connectivity index (χ4v) is 2.58. The van der Waals surface area contributed by atoms with E-state index in [2.05, 4.69) is 5.32 Å². The number of hydrogen-bond acceptors (Lipinski definition) is 3. The zero-order valence-corrected chi connectivity index (χ0v) is 12.1. The van der Waals surface area contributed by atoms with E-state index < -0.39 is 12.0 Å². The Morgan fingerprint density at radius 2 is 2.10 bits per heavy atom. The third-order valence-corrected chi connectivity index (χ3v) is 3.75. The number of carboxylic acid groups (broad SMARTS) is 1. The number of rotatable bonds is 5. The van der Waals surface area contributed by atoms with Gasteiger partial charge in [0.2, 0.25) is 5.91 Å². The van der Waals surface area contributed by atoms with Gasteiger partial charge in [-0.15, -0.1) is 0 Å². The van der Waals surface area contributed by atoms with Crippen molar-refractivity contribution in [2.45, 2.75) is 38.3 Å². The van der Waals surface area contributed by atoms with Crippen molar-refractivity contribution in [2.75, 3.05) is 6.61 Å². The molecule has 5 heteroatoms. The van der Waals surface area contributed by atoms with Crippen LogP contribution in [0.2, 0.25) is 0 Å². The highest BCUT2D eigenvalue weighted by Gasteiger charge is 2.29. The van der Waals surface area contributed by atoms with Crippen LogP contribution in [0, 0.1) is 5.92 Å². The molecule has 5 nitrogen and oxygen atoms in total. The zero-order valence-electron chi connectivity index (χ0n) is 12.1. The van der Waals surface area contributed by atoms with Gasteiger partial charge in [0.25, 0.3) is 0 Å². The summed E-state index contributed by atoms with van der Waals surface area (Å²) in [5.74, 6) is -1.35. The molecule has 1 saturated heterocycles. The highest BCUT2D eigenvalue weighted by Crippen LogP contribution is 2.20. The third kappa shape index (κ3) is 4.56. The fourth-order valence-electron chi connectivity index (χ4n) is 2.58. The summed E-state index contributed by atoms with van der Waals surface area (Å²) in [6.45, 7) is 2.48. The first-order valence-electron chi connectivity index (χ1n) is 7.25. The Morgan fingerprint density at radius 1 is 1.38 bits per heavy atom. The molecule has 1 aromatic rings. The first kappa shape index (κ1) is 15.5. The quantitative estimate of drug-likeness (QED) is 0.864. The molecule has 1 heterocycles. The van der Waals surface area contributed by atoms with Crippen LogP contribution < -0.4 is 5.32 Å². The number of carboxylic acids is 1. The van der Waals surface area contributed by atoms with E-state index in [1.165, 1.54) is 0 Å². The number of carbonyl (C=O) groups excluding carboxylic acids is 1. The van der Waals surface area contributed by atoms with Gasteiger partial charge in [0, 0.05) is 18.9 Å². The Hall–Kier alpha value is -1.88. The van der Waals surface area contributed by atoms with Crippen LogP contribution in [0.1, 0.15) is 25.3 Å². The van der Waals surface area contributed by atoms with E-state index in [9.17, 15) is 14.7 Å². The third-order valence-electron chi connectivity index (χ3n) is 3.75. The van der Waals surface area contributed by atoms with Gasteiger partial charge in [-0.3, -0.25) is 4.79 Å². The second kappa shape index (κ2) is 7.22. The predicted molar refractivity (Wildman–Crippen MR) is 77.9 cm³/mol. The minimum absolute atomic E-state index is 0.0481. The first-order chi connectivity index (χ1) is 10.1. The Balaban J connectivity index is 1.96. The second-order valence-corrected chi connectivity index (χ2v) is 5.49. The Bertz CT molecular complexity index is 488.